The van der Waals surface area contributed by atoms with Crippen molar-refractivity contribution in [2.24, 2.45) is 5.92 Å². The molecule has 1 aliphatic heterocycles. The molecule has 1 unspecified atom stereocenters. The molecule has 0 radical (unpaired) electrons. The molecule has 4 rings (SSSR count). The summed E-state index contributed by atoms with van der Waals surface area (Å²) < 4.78 is 1.84. The van der Waals surface area contributed by atoms with Gasteiger partial charge in [0, 0.05) is 24.8 Å². The summed E-state index contributed by atoms with van der Waals surface area (Å²) in [7, 11) is 0. The van der Waals surface area contributed by atoms with Crippen molar-refractivity contribution in [1.82, 2.24) is 19.9 Å². The number of nitrogens with zero attached hydrogens (tertiary/aromatic N) is 4. The monoisotopic (exact) mass is 363 g/mol. The van der Waals surface area contributed by atoms with Gasteiger partial charge >= 0.3 is 0 Å². The Bertz CT molecular complexity index is 997. The molecule has 2 aromatic heterocycles. The van der Waals surface area contributed by atoms with Gasteiger partial charge in [0.15, 0.2) is 11.5 Å². The quantitative estimate of drug-likeness (QED) is 0.752. The third-order valence-electron chi connectivity index (χ3n) is 4.96. The Labute approximate surface area is 157 Å². The van der Waals surface area contributed by atoms with E-state index < -0.39 is 0 Å². The molecule has 0 spiro atoms. The van der Waals surface area contributed by atoms with Gasteiger partial charge in [0.1, 0.15) is 0 Å². The van der Waals surface area contributed by atoms with Crippen molar-refractivity contribution in [2.75, 3.05) is 11.4 Å². The van der Waals surface area contributed by atoms with E-state index in [9.17, 15) is 9.59 Å². The zero-order valence-electron chi connectivity index (χ0n) is 15.1. The lowest BCUT2D eigenvalue weighted by atomic mass is 10.1. The highest BCUT2D eigenvalue weighted by atomic mass is 16.2. The van der Waals surface area contributed by atoms with Crippen LogP contribution in [0.2, 0.25) is 0 Å². The molecule has 7 heteroatoms. The summed E-state index contributed by atoms with van der Waals surface area (Å²) in [6.07, 6.45) is 2.93. The van der Waals surface area contributed by atoms with E-state index in [-0.39, 0.29) is 30.7 Å². The van der Waals surface area contributed by atoms with E-state index in [0.717, 1.165) is 23.3 Å². The SMILES string of the molecule is CCc1ccccc1N1CC(C(=O)NCc2nnc3ccccn23)CC1=O. The number of anilines is 1. The summed E-state index contributed by atoms with van der Waals surface area (Å²) in [5.74, 6) is 0.162. The first kappa shape index (κ1) is 17.2. The fraction of sp³-hybridized carbons (Fsp3) is 0.300. The van der Waals surface area contributed by atoms with E-state index in [4.69, 9.17) is 0 Å². The summed E-state index contributed by atoms with van der Waals surface area (Å²) in [6.45, 7) is 2.75. The number of aromatic nitrogens is 3. The molecule has 0 bridgehead atoms. The normalized spacial score (nSPS) is 16.9. The van der Waals surface area contributed by atoms with Gasteiger partial charge in [0.25, 0.3) is 0 Å². The number of carbonyl (C=O) groups excluding carboxylic acids is 2. The van der Waals surface area contributed by atoms with Crippen molar-refractivity contribution in [1.29, 1.82) is 0 Å². The van der Waals surface area contributed by atoms with Gasteiger partial charge in [-0.3, -0.25) is 14.0 Å². The molecule has 1 N–H and O–H groups in total. The van der Waals surface area contributed by atoms with E-state index in [1.165, 1.54) is 0 Å². The molecule has 3 aromatic rings. The van der Waals surface area contributed by atoms with Crippen LogP contribution >= 0.6 is 0 Å². The average molecular weight is 363 g/mol. The largest absolute Gasteiger partial charge is 0.348 e. The van der Waals surface area contributed by atoms with E-state index >= 15 is 0 Å². The minimum atomic E-state index is -0.360. The second kappa shape index (κ2) is 7.19. The Kier molecular flexibility index (Phi) is 4.58. The molecule has 0 aliphatic carbocycles. The first-order valence-corrected chi connectivity index (χ1v) is 9.12. The van der Waals surface area contributed by atoms with Crippen LogP contribution in [0.5, 0.6) is 0 Å². The molecule has 3 heterocycles. The van der Waals surface area contributed by atoms with Crippen LogP contribution in [0.4, 0.5) is 5.69 Å². The lowest BCUT2D eigenvalue weighted by Crippen LogP contribution is -2.33. The number of carbonyl (C=O) groups is 2. The topological polar surface area (TPSA) is 79.6 Å². The fourth-order valence-electron chi connectivity index (χ4n) is 3.51. The van der Waals surface area contributed by atoms with Gasteiger partial charge in [0.2, 0.25) is 11.8 Å². The first-order valence-electron chi connectivity index (χ1n) is 9.12. The minimum Gasteiger partial charge on any atom is -0.348 e. The highest BCUT2D eigenvalue weighted by Gasteiger charge is 2.35. The Balaban J connectivity index is 1.43. The Morgan fingerprint density at radius 1 is 1.19 bits per heavy atom. The summed E-state index contributed by atoms with van der Waals surface area (Å²) in [6, 6.07) is 13.5. The molecule has 2 amide bonds. The van der Waals surface area contributed by atoms with Crippen molar-refractivity contribution in [3.05, 3.63) is 60.0 Å². The van der Waals surface area contributed by atoms with Crippen molar-refractivity contribution in [3.63, 3.8) is 0 Å². The van der Waals surface area contributed by atoms with Gasteiger partial charge in [-0.25, -0.2) is 0 Å². The van der Waals surface area contributed by atoms with Gasteiger partial charge in [-0.05, 0) is 30.2 Å². The van der Waals surface area contributed by atoms with Crippen LogP contribution in [0.15, 0.2) is 48.7 Å². The highest BCUT2D eigenvalue weighted by molar-refractivity contribution is 6.00. The minimum absolute atomic E-state index is 0.0102. The lowest BCUT2D eigenvalue weighted by Gasteiger charge is -2.19. The number of fused-ring (bicyclic) bond motifs is 1. The maximum Gasteiger partial charge on any atom is 0.227 e. The van der Waals surface area contributed by atoms with Crippen LogP contribution in [0, 0.1) is 5.92 Å². The summed E-state index contributed by atoms with van der Waals surface area (Å²) in [5, 5.41) is 11.1. The van der Waals surface area contributed by atoms with Crippen LogP contribution < -0.4 is 10.2 Å². The van der Waals surface area contributed by atoms with Crippen LogP contribution in [-0.2, 0) is 22.6 Å². The van der Waals surface area contributed by atoms with Crippen LogP contribution in [0.3, 0.4) is 0 Å². The maximum atomic E-state index is 12.6. The first-order chi connectivity index (χ1) is 13.2. The molecule has 1 aliphatic rings. The molecule has 7 nitrogen and oxygen atoms in total. The second-order valence-electron chi connectivity index (χ2n) is 6.65. The molecule has 27 heavy (non-hydrogen) atoms. The van der Waals surface area contributed by atoms with Gasteiger partial charge in [-0.2, -0.15) is 0 Å². The number of nitrogens with one attached hydrogen (secondary N) is 1. The summed E-state index contributed by atoms with van der Waals surface area (Å²) in [4.78, 5) is 26.8. The number of pyridine rings is 1. The molecular formula is C20H21N5O2. The van der Waals surface area contributed by atoms with E-state index in [0.29, 0.717) is 12.4 Å². The molecule has 1 aromatic carbocycles. The number of amides is 2. The van der Waals surface area contributed by atoms with Gasteiger partial charge in [-0.15, -0.1) is 10.2 Å². The number of para-hydroxylation sites is 1. The fourth-order valence-corrected chi connectivity index (χ4v) is 3.51. The summed E-state index contributed by atoms with van der Waals surface area (Å²) >= 11 is 0. The lowest BCUT2D eigenvalue weighted by molar-refractivity contribution is -0.126. The molecule has 138 valence electrons. The zero-order chi connectivity index (χ0) is 18.8. The average Bonchev–Trinajstić information content (AvgIpc) is 3.29. The number of aryl methyl sites for hydroxylation is 1. The van der Waals surface area contributed by atoms with Crippen molar-refractivity contribution in [3.8, 4) is 0 Å². The van der Waals surface area contributed by atoms with Gasteiger partial charge in [-0.1, -0.05) is 31.2 Å². The predicted molar refractivity (Wildman–Crippen MR) is 101 cm³/mol. The van der Waals surface area contributed by atoms with Gasteiger partial charge < -0.3 is 10.2 Å². The van der Waals surface area contributed by atoms with Crippen molar-refractivity contribution in [2.45, 2.75) is 26.3 Å². The summed E-state index contributed by atoms with van der Waals surface area (Å²) in [5.41, 5.74) is 2.76. The van der Waals surface area contributed by atoms with E-state index in [1.54, 1.807) is 4.90 Å². The second-order valence-corrected chi connectivity index (χ2v) is 6.65. The Morgan fingerprint density at radius 2 is 2.00 bits per heavy atom. The molecule has 1 fully saturated rings. The van der Waals surface area contributed by atoms with Crippen LogP contribution in [-0.4, -0.2) is 33.0 Å². The smallest absolute Gasteiger partial charge is 0.227 e. The Hall–Kier alpha value is -3.22. The van der Waals surface area contributed by atoms with E-state index in [2.05, 4.69) is 22.4 Å². The molecular weight excluding hydrogens is 342 g/mol. The number of hydrogen-bond donors (Lipinski definition) is 1. The third-order valence-corrected chi connectivity index (χ3v) is 4.96. The number of hydrogen-bond acceptors (Lipinski definition) is 4. The molecule has 1 atom stereocenters. The predicted octanol–water partition coefficient (Wildman–Crippen LogP) is 1.96. The maximum absolute atomic E-state index is 12.6. The molecule has 1 saturated heterocycles. The zero-order valence-corrected chi connectivity index (χ0v) is 15.1. The standard InChI is InChI=1S/C20H21N5O2/c1-2-14-7-3-4-8-16(14)25-13-15(11-19(25)26)20(27)21-12-18-23-22-17-9-5-6-10-24(17)18/h3-10,15H,2,11-13H2,1H3,(H,21,27). The third kappa shape index (κ3) is 3.28. The molecule has 0 saturated carbocycles. The van der Waals surface area contributed by atoms with Gasteiger partial charge in [0.05, 0.1) is 12.5 Å². The number of benzene rings is 1. The highest BCUT2D eigenvalue weighted by Crippen LogP contribution is 2.28. The van der Waals surface area contributed by atoms with Crippen molar-refractivity contribution >= 4 is 23.1 Å². The van der Waals surface area contributed by atoms with E-state index in [1.807, 2.05) is 53.1 Å². The van der Waals surface area contributed by atoms with Crippen LogP contribution in [0.1, 0.15) is 24.7 Å². The Morgan fingerprint density at radius 3 is 2.85 bits per heavy atom. The number of rotatable bonds is 5. The van der Waals surface area contributed by atoms with Crippen molar-refractivity contribution < 1.29 is 9.59 Å². The van der Waals surface area contributed by atoms with Crippen LogP contribution in [0.25, 0.3) is 5.65 Å².